The van der Waals surface area contributed by atoms with Gasteiger partial charge in [0.15, 0.2) is 0 Å². The van der Waals surface area contributed by atoms with Gasteiger partial charge >= 0.3 is 0 Å². The highest BCUT2D eigenvalue weighted by atomic mass is 35.5. The van der Waals surface area contributed by atoms with Crippen molar-refractivity contribution in [3.05, 3.63) is 41.4 Å². The molecule has 1 saturated heterocycles. The molecule has 4 atom stereocenters. The number of carbonyl (C=O) groups excluding carboxylic acids is 3. The maximum Gasteiger partial charge on any atom is 0.233 e. The highest BCUT2D eigenvalue weighted by Crippen LogP contribution is 2.52. The highest BCUT2D eigenvalue weighted by molar-refractivity contribution is 6.30. The number of benzene rings is 1. The van der Waals surface area contributed by atoms with Crippen LogP contribution in [-0.4, -0.2) is 29.2 Å². The van der Waals surface area contributed by atoms with Crippen molar-refractivity contribution in [2.45, 2.75) is 12.8 Å². The summed E-state index contributed by atoms with van der Waals surface area (Å²) in [5, 5.41) is 3.34. The summed E-state index contributed by atoms with van der Waals surface area (Å²) in [6, 6.07) is 6.80. The minimum atomic E-state index is -0.226. The second-order valence-electron chi connectivity index (χ2n) is 6.63. The maximum absolute atomic E-state index is 12.5. The Morgan fingerprint density at radius 2 is 1.67 bits per heavy atom. The van der Waals surface area contributed by atoms with Crippen LogP contribution in [0.3, 0.4) is 0 Å². The topological polar surface area (TPSA) is 66.5 Å². The Balaban J connectivity index is 1.36. The molecule has 1 N–H and O–H groups in total. The largest absolute Gasteiger partial charge is 0.326 e. The number of hydrogen-bond donors (Lipinski definition) is 1. The number of allylic oxidation sites excluding steroid dienone is 2. The van der Waals surface area contributed by atoms with E-state index in [1.807, 2.05) is 0 Å². The van der Waals surface area contributed by atoms with Crippen LogP contribution in [0.25, 0.3) is 0 Å². The van der Waals surface area contributed by atoms with Gasteiger partial charge in [0.25, 0.3) is 0 Å². The number of carbonyl (C=O) groups is 3. The van der Waals surface area contributed by atoms with Crippen LogP contribution < -0.4 is 5.32 Å². The third kappa shape index (κ3) is 2.44. The lowest BCUT2D eigenvalue weighted by molar-refractivity contribution is -0.140. The number of hydrogen-bond acceptors (Lipinski definition) is 3. The molecule has 0 aromatic heterocycles. The molecule has 124 valence electrons. The molecule has 24 heavy (non-hydrogen) atoms. The number of imide groups is 1. The van der Waals surface area contributed by atoms with E-state index in [0.29, 0.717) is 10.7 Å². The second kappa shape index (κ2) is 5.74. The Morgan fingerprint density at radius 1 is 1.08 bits per heavy atom. The van der Waals surface area contributed by atoms with Crippen molar-refractivity contribution in [2.24, 2.45) is 23.7 Å². The van der Waals surface area contributed by atoms with Crippen LogP contribution in [-0.2, 0) is 14.4 Å². The quantitative estimate of drug-likeness (QED) is 0.674. The van der Waals surface area contributed by atoms with Gasteiger partial charge in [-0.3, -0.25) is 19.3 Å². The average Bonchev–Trinajstić information content (AvgIpc) is 3.23. The van der Waals surface area contributed by atoms with E-state index in [1.54, 1.807) is 24.3 Å². The zero-order valence-corrected chi connectivity index (χ0v) is 13.7. The van der Waals surface area contributed by atoms with Crippen molar-refractivity contribution >= 4 is 35.0 Å². The second-order valence-corrected chi connectivity index (χ2v) is 7.07. The summed E-state index contributed by atoms with van der Waals surface area (Å²) in [7, 11) is 0. The molecule has 2 fully saturated rings. The Kier molecular flexibility index (Phi) is 3.68. The van der Waals surface area contributed by atoms with Crippen LogP contribution in [0.1, 0.15) is 12.8 Å². The molecule has 4 rings (SSSR count). The fourth-order valence-corrected chi connectivity index (χ4v) is 4.28. The molecule has 1 aromatic carbocycles. The van der Waals surface area contributed by atoms with Crippen LogP contribution >= 0.6 is 11.6 Å². The predicted molar refractivity (Wildman–Crippen MR) is 89.1 cm³/mol. The number of rotatable bonds is 4. The van der Waals surface area contributed by atoms with Gasteiger partial charge in [-0.05, 0) is 42.5 Å². The van der Waals surface area contributed by atoms with E-state index >= 15 is 0 Å². The molecule has 0 radical (unpaired) electrons. The summed E-state index contributed by atoms with van der Waals surface area (Å²) < 4.78 is 0. The Hall–Kier alpha value is -2.14. The summed E-state index contributed by atoms with van der Waals surface area (Å²) in [6.45, 7) is 0.142. The molecule has 0 unspecified atom stereocenters. The van der Waals surface area contributed by atoms with E-state index < -0.39 is 0 Å². The summed E-state index contributed by atoms with van der Waals surface area (Å²) in [6.07, 6.45) is 5.14. The van der Waals surface area contributed by atoms with Gasteiger partial charge < -0.3 is 5.32 Å². The molecule has 5 nitrogen and oxygen atoms in total. The van der Waals surface area contributed by atoms with Crippen LogP contribution in [0.5, 0.6) is 0 Å². The number of fused-ring (bicyclic) bond motifs is 5. The zero-order chi connectivity index (χ0) is 16.8. The summed E-state index contributed by atoms with van der Waals surface area (Å²) in [5.41, 5.74) is 0.641. The van der Waals surface area contributed by atoms with Gasteiger partial charge in [0, 0.05) is 23.7 Å². The van der Waals surface area contributed by atoms with Crippen LogP contribution in [0.2, 0.25) is 5.02 Å². The van der Waals surface area contributed by atoms with E-state index in [-0.39, 0.29) is 54.4 Å². The van der Waals surface area contributed by atoms with Crippen LogP contribution in [0.4, 0.5) is 5.69 Å². The summed E-state index contributed by atoms with van der Waals surface area (Å²) >= 11 is 5.80. The number of likely N-dealkylation sites (tertiary alicyclic amines) is 1. The summed E-state index contributed by atoms with van der Waals surface area (Å²) in [5.74, 6) is -0.453. The number of amides is 3. The third-order valence-electron chi connectivity index (χ3n) is 5.25. The lowest BCUT2D eigenvalue weighted by atomic mass is 9.85. The molecular formula is C18H17ClN2O3. The van der Waals surface area contributed by atoms with Crippen molar-refractivity contribution < 1.29 is 14.4 Å². The molecule has 1 aromatic rings. The van der Waals surface area contributed by atoms with Crippen LogP contribution in [0.15, 0.2) is 36.4 Å². The molecule has 1 saturated carbocycles. The molecule has 1 aliphatic heterocycles. The van der Waals surface area contributed by atoms with E-state index in [9.17, 15) is 14.4 Å². The normalized spacial score (nSPS) is 30.1. The Labute approximate surface area is 144 Å². The molecule has 0 spiro atoms. The van der Waals surface area contributed by atoms with Gasteiger partial charge in [-0.15, -0.1) is 0 Å². The number of nitrogens with one attached hydrogen (secondary N) is 1. The summed E-state index contributed by atoms with van der Waals surface area (Å²) in [4.78, 5) is 38.4. The number of halogens is 1. The number of nitrogens with zero attached hydrogens (tertiary/aromatic N) is 1. The van der Waals surface area contributed by atoms with E-state index in [2.05, 4.69) is 17.5 Å². The zero-order valence-electron chi connectivity index (χ0n) is 12.9. The lowest BCUT2D eigenvalue weighted by Gasteiger charge is -2.16. The first-order valence-electron chi connectivity index (χ1n) is 8.13. The van der Waals surface area contributed by atoms with Gasteiger partial charge in [-0.25, -0.2) is 0 Å². The lowest BCUT2D eigenvalue weighted by Crippen LogP contribution is -2.35. The van der Waals surface area contributed by atoms with Gasteiger partial charge in [-0.2, -0.15) is 0 Å². The predicted octanol–water partition coefficient (Wildman–Crippen LogP) is 2.48. The standard InChI is InChI=1S/C18H17ClN2O3/c19-12-3-5-13(6-4-12)20-14(22)7-8-21-17(23)15-10-1-2-11(9-10)16(15)18(21)24/h1-6,10-11,15-16H,7-9H2,(H,20,22)/t10-,11-,15-,16-/m0/s1. The SMILES string of the molecule is O=C(CCN1C(=O)[C@@H]2[C@@H](C1=O)[C@H]1C=C[C@H]2C1)Nc1ccc(Cl)cc1. The minimum Gasteiger partial charge on any atom is -0.326 e. The third-order valence-corrected chi connectivity index (χ3v) is 5.50. The average molecular weight is 345 g/mol. The molecule has 3 amide bonds. The van der Waals surface area contributed by atoms with E-state index in [1.165, 1.54) is 4.90 Å². The molecular weight excluding hydrogens is 328 g/mol. The first-order chi connectivity index (χ1) is 11.5. The van der Waals surface area contributed by atoms with E-state index in [0.717, 1.165) is 6.42 Å². The van der Waals surface area contributed by atoms with Crippen molar-refractivity contribution in [3.8, 4) is 0 Å². The Morgan fingerprint density at radius 3 is 2.25 bits per heavy atom. The highest BCUT2D eigenvalue weighted by Gasteiger charge is 2.58. The van der Waals surface area contributed by atoms with Gasteiger partial charge in [0.2, 0.25) is 17.7 Å². The first kappa shape index (κ1) is 15.4. The fourth-order valence-electron chi connectivity index (χ4n) is 4.15. The maximum atomic E-state index is 12.5. The fraction of sp³-hybridized carbons (Fsp3) is 0.389. The van der Waals surface area contributed by atoms with Crippen molar-refractivity contribution in [2.75, 3.05) is 11.9 Å². The molecule has 1 heterocycles. The van der Waals surface area contributed by atoms with Crippen LogP contribution in [0, 0.1) is 23.7 Å². The molecule has 3 aliphatic rings. The van der Waals surface area contributed by atoms with Crippen molar-refractivity contribution in [3.63, 3.8) is 0 Å². The van der Waals surface area contributed by atoms with Gasteiger partial charge in [0.05, 0.1) is 11.8 Å². The van der Waals surface area contributed by atoms with Crippen molar-refractivity contribution in [1.29, 1.82) is 0 Å². The van der Waals surface area contributed by atoms with Gasteiger partial charge in [0.1, 0.15) is 0 Å². The molecule has 2 aliphatic carbocycles. The smallest absolute Gasteiger partial charge is 0.233 e. The molecule has 2 bridgehead atoms. The van der Waals surface area contributed by atoms with E-state index in [4.69, 9.17) is 11.6 Å². The van der Waals surface area contributed by atoms with Crippen molar-refractivity contribution in [1.82, 2.24) is 4.90 Å². The Bertz CT molecular complexity index is 713. The minimum absolute atomic E-state index is 0.0995. The monoisotopic (exact) mass is 344 g/mol. The first-order valence-corrected chi connectivity index (χ1v) is 8.51. The number of anilines is 1. The van der Waals surface area contributed by atoms with Gasteiger partial charge in [-0.1, -0.05) is 23.8 Å². The molecule has 6 heteroatoms.